The molecule has 1 atom stereocenters. The van der Waals surface area contributed by atoms with Crippen LogP contribution in [0.2, 0.25) is 5.02 Å². The molecule has 1 fully saturated rings. The van der Waals surface area contributed by atoms with Crippen molar-refractivity contribution in [2.45, 2.75) is 23.8 Å². The third-order valence-corrected chi connectivity index (χ3v) is 4.16. The van der Waals surface area contributed by atoms with E-state index >= 15 is 0 Å². The van der Waals surface area contributed by atoms with Crippen molar-refractivity contribution in [2.75, 3.05) is 18.8 Å². The van der Waals surface area contributed by atoms with Gasteiger partial charge in [0.25, 0.3) is 0 Å². The third-order valence-electron chi connectivity index (χ3n) is 2.89. The van der Waals surface area contributed by atoms with Gasteiger partial charge < -0.3 is 10.6 Å². The van der Waals surface area contributed by atoms with Gasteiger partial charge in [-0.1, -0.05) is 11.6 Å². The molecule has 0 aliphatic carbocycles. The minimum atomic E-state index is 0. The number of rotatable bonds is 5. The van der Waals surface area contributed by atoms with Gasteiger partial charge in [0.15, 0.2) is 0 Å². The predicted molar refractivity (Wildman–Crippen MR) is 83.5 cm³/mol. The fraction of sp³-hybridized carbons (Fsp3) is 0.462. The Kier molecular flexibility index (Phi) is 7.61. The third kappa shape index (κ3) is 6.04. The number of thioether (sulfide) groups is 1. The summed E-state index contributed by atoms with van der Waals surface area (Å²) in [4.78, 5) is 12.7. The molecule has 19 heavy (non-hydrogen) atoms. The highest BCUT2D eigenvalue weighted by molar-refractivity contribution is 8.00. The molecular formula is C13H18Cl2N2OS. The summed E-state index contributed by atoms with van der Waals surface area (Å²) in [5, 5.41) is 7.03. The summed E-state index contributed by atoms with van der Waals surface area (Å²) in [5.74, 6) is 0.539. The van der Waals surface area contributed by atoms with E-state index in [0.29, 0.717) is 11.8 Å². The van der Waals surface area contributed by atoms with Crippen molar-refractivity contribution < 1.29 is 4.79 Å². The molecule has 1 aliphatic rings. The lowest BCUT2D eigenvalue weighted by Crippen LogP contribution is -2.37. The van der Waals surface area contributed by atoms with Gasteiger partial charge in [-0.2, -0.15) is 0 Å². The van der Waals surface area contributed by atoms with Gasteiger partial charge in [-0.25, -0.2) is 0 Å². The van der Waals surface area contributed by atoms with Crippen LogP contribution in [0.5, 0.6) is 0 Å². The lowest BCUT2D eigenvalue weighted by Gasteiger charge is -2.11. The minimum Gasteiger partial charge on any atom is -0.354 e. The smallest absolute Gasteiger partial charge is 0.230 e. The average Bonchev–Trinajstić information content (AvgIpc) is 2.89. The Bertz CT molecular complexity index is 394. The quantitative estimate of drug-likeness (QED) is 0.820. The predicted octanol–water partition coefficient (Wildman–Crippen LogP) is 2.72. The van der Waals surface area contributed by atoms with E-state index in [9.17, 15) is 4.79 Å². The molecule has 1 saturated heterocycles. The van der Waals surface area contributed by atoms with Crippen LogP contribution in [0.4, 0.5) is 0 Å². The molecule has 0 aromatic heterocycles. The lowest BCUT2D eigenvalue weighted by atomic mass is 10.2. The molecule has 0 saturated carbocycles. The van der Waals surface area contributed by atoms with Gasteiger partial charge in [0.1, 0.15) is 0 Å². The zero-order chi connectivity index (χ0) is 12.8. The van der Waals surface area contributed by atoms with Crippen molar-refractivity contribution in [3.8, 4) is 0 Å². The molecule has 2 rings (SSSR count). The van der Waals surface area contributed by atoms with Gasteiger partial charge in [-0.05, 0) is 43.7 Å². The number of hydrogen-bond acceptors (Lipinski definition) is 3. The summed E-state index contributed by atoms with van der Waals surface area (Å²) in [5.41, 5.74) is 0. The molecular weight excluding hydrogens is 303 g/mol. The average molecular weight is 321 g/mol. The summed E-state index contributed by atoms with van der Waals surface area (Å²) in [7, 11) is 0. The van der Waals surface area contributed by atoms with Crippen LogP contribution in [0.3, 0.4) is 0 Å². The van der Waals surface area contributed by atoms with Crippen LogP contribution in [0, 0.1) is 0 Å². The SMILES string of the molecule is Cl.O=C(CSc1ccc(Cl)cc1)NCC1CCCN1. The summed E-state index contributed by atoms with van der Waals surface area (Å²) >= 11 is 7.33. The molecule has 1 aliphatic heterocycles. The Balaban J connectivity index is 0.00000180. The fourth-order valence-corrected chi connectivity index (χ4v) is 2.75. The van der Waals surface area contributed by atoms with E-state index in [0.717, 1.165) is 29.4 Å². The first kappa shape index (κ1) is 16.6. The second-order valence-corrected chi connectivity index (χ2v) is 5.83. The molecule has 1 amide bonds. The Hall–Kier alpha value is -0.420. The summed E-state index contributed by atoms with van der Waals surface area (Å²) in [6.45, 7) is 1.81. The number of benzene rings is 1. The zero-order valence-electron chi connectivity index (χ0n) is 10.5. The summed E-state index contributed by atoms with van der Waals surface area (Å²) in [6, 6.07) is 7.99. The second-order valence-electron chi connectivity index (χ2n) is 4.34. The van der Waals surface area contributed by atoms with Crippen LogP contribution in [0.25, 0.3) is 0 Å². The molecule has 106 valence electrons. The van der Waals surface area contributed by atoms with Crippen molar-refractivity contribution in [3.63, 3.8) is 0 Å². The maximum Gasteiger partial charge on any atom is 0.230 e. The standard InChI is InChI=1S/C13H17ClN2OS.ClH/c14-10-3-5-12(6-4-10)18-9-13(17)16-8-11-2-1-7-15-11;/h3-6,11,15H,1-2,7-9H2,(H,16,17);1H. The normalized spacial score (nSPS) is 17.8. The van der Waals surface area contributed by atoms with E-state index in [1.54, 1.807) is 0 Å². The van der Waals surface area contributed by atoms with Crippen LogP contribution >= 0.6 is 35.8 Å². The molecule has 0 bridgehead atoms. The number of nitrogens with one attached hydrogen (secondary N) is 2. The highest BCUT2D eigenvalue weighted by Gasteiger charge is 2.14. The Morgan fingerprint density at radius 2 is 2.16 bits per heavy atom. The molecule has 1 heterocycles. The van der Waals surface area contributed by atoms with Crippen molar-refractivity contribution in [2.24, 2.45) is 0 Å². The van der Waals surface area contributed by atoms with Gasteiger partial charge in [0.05, 0.1) is 5.75 Å². The first-order valence-corrected chi connectivity index (χ1v) is 7.49. The van der Waals surface area contributed by atoms with Gasteiger partial charge in [0.2, 0.25) is 5.91 Å². The largest absolute Gasteiger partial charge is 0.354 e. The maximum atomic E-state index is 11.7. The van der Waals surface area contributed by atoms with E-state index in [4.69, 9.17) is 11.6 Å². The fourth-order valence-electron chi connectivity index (χ4n) is 1.90. The number of halogens is 2. The van der Waals surface area contributed by atoms with Crippen molar-refractivity contribution in [1.82, 2.24) is 10.6 Å². The Morgan fingerprint density at radius 1 is 1.42 bits per heavy atom. The first-order valence-electron chi connectivity index (χ1n) is 6.12. The maximum absolute atomic E-state index is 11.7. The van der Waals surface area contributed by atoms with Gasteiger partial charge in [-0.3, -0.25) is 4.79 Å². The van der Waals surface area contributed by atoms with Crippen molar-refractivity contribution >= 4 is 41.7 Å². The molecule has 1 aromatic rings. The lowest BCUT2D eigenvalue weighted by molar-refractivity contribution is -0.118. The molecule has 6 heteroatoms. The first-order chi connectivity index (χ1) is 8.74. The molecule has 1 unspecified atom stereocenters. The number of hydrogen-bond donors (Lipinski definition) is 2. The van der Waals surface area contributed by atoms with Gasteiger partial charge >= 0.3 is 0 Å². The van der Waals surface area contributed by atoms with E-state index in [-0.39, 0.29) is 18.3 Å². The van der Waals surface area contributed by atoms with Crippen LogP contribution < -0.4 is 10.6 Å². The van der Waals surface area contributed by atoms with E-state index in [2.05, 4.69) is 10.6 Å². The van der Waals surface area contributed by atoms with E-state index < -0.39 is 0 Å². The Morgan fingerprint density at radius 3 is 2.79 bits per heavy atom. The Labute approximate surface area is 129 Å². The van der Waals surface area contributed by atoms with Gasteiger partial charge in [-0.15, -0.1) is 24.2 Å². The molecule has 1 aromatic carbocycles. The zero-order valence-corrected chi connectivity index (χ0v) is 12.9. The number of carbonyl (C=O) groups excluding carboxylic acids is 1. The summed E-state index contributed by atoms with van der Waals surface area (Å²) in [6.07, 6.45) is 2.37. The van der Waals surface area contributed by atoms with Crippen molar-refractivity contribution in [3.05, 3.63) is 29.3 Å². The van der Waals surface area contributed by atoms with E-state index in [1.165, 1.54) is 18.2 Å². The highest BCUT2D eigenvalue weighted by atomic mass is 35.5. The molecule has 0 spiro atoms. The van der Waals surface area contributed by atoms with Gasteiger partial charge in [0, 0.05) is 22.5 Å². The molecule has 2 N–H and O–H groups in total. The topological polar surface area (TPSA) is 41.1 Å². The van der Waals surface area contributed by atoms with Crippen molar-refractivity contribution in [1.29, 1.82) is 0 Å². The van der Waals surface area contributed by atoms with Crippen LogP contribution in [0.15, 0.2) is 29.2 Å². The second kappa shape index (κ2) is 8.69. The number of amides is 1. The van der Waals surface area contributed by atoms with Crippen LogP contribution in [0.1, 0.15) is 12.8 Å². The van der Waals surface area contributed by atoms with E-state index in [1.807, 2.05) is 24.3 Å². The number of carbonyl (C=O) groups is 1. The van der Waals surface area contributed by atoms with Crippen LogP contribution in [-0.2, 0) is 4.79 Å². The molecule has 0 radical (unpaired) electrons. The highest BCUT2D eigenvalue weighted by Crippen LogP contribution is 2.19. The summed E-state index contributed by atoms with van der Waals surface area (Å²) < 4.78 is 0. The van der Waals surface area contributed by atoms with Crippen LogP contribution in [-0.4, -0.2) is 30.8 Å². The monoisotopic (exact) mass is 320 g/mol. The minimum absolute atomic E-state index is 0. The molecule has 3 nitrogen and oxygen atoms in total.